The van der Waals surface area contributed by atoms with Gasteiger partial charge in [-0.3, -0.25) is 9.59 Å². The van der Waals surface area contributed by atoms with Gasteiger partial charge in [-0.05, 0) is 85.9 Å². The summed E-state index contributed by atoms with van der Waals surface area (Å²) in [7, 11) is 0. The molecule has 0 aromatic carbocycles. The molecule has 0 spiro atoms. The van der Waals surface area contributed by atoms with E-state index in [1.54, 1.807) is 0 Å². The molecule has 5 rings (SSSR count). The zero-order chi connectivity index (χ0) is 21.8. The first-order valence-electron chi connectivity index (χ1n) is 13.2. The topological polar surface area (TPSA) is 54.4 Å². The summed E-state index contributed by atoms with van der Waals surface area (Å²) in [6, 6.07) is 0. The molecule has 7 unspecified atom stereocenters. The van der Waals surface area contributed by atoms with Crippen LogP contribution < -0.4 is 0 Å². The lowest BCUT2D eigenvalue weighted by Crippen LogP contribution is -2.59. The molecule has 5 saturated carbocycles. The van der Waals surface area contributed by atoms with E-state index in [1.165, 1.54) is 32.1 Å². The van der Waals surface area contributed by atoms with Gasteiger partial charge in [-0.25, -0.2) is 0 Å². The number of carbonyl (C=O) groups excluding carboxylic acids is 2. The lowest BCUT2D eigenvalue weighted by Gasteiger charge is -2.61. The largest absolute Gasteiger partial charge is 0.393 e. The molecule has 5 fully saturated rings. The van der Waals surface area contributed by atoms with Gasteiger partial charge < -0.3 is 5.11 Å². The second kappa shape index (κ2) is 8.46. The van der Waals surface area contributed by atoms with Crippen molar-refractivity contribution in [3.05, 3.63) is 0 Å². The van der Waals surface area contributed by atoms with E-state index >= 15 is 0 Å². The van der Waals surface area contributed by atoms with Crippen LogP contribution in [0.15, 0.2) is 0 Å². The third kappa shape index (κ3) is 3.76. The summed E-state index contributed by atoms with van der Waals surface area (Å²) >= 11 is 1.92. The zero-order valence-electron chi connectivity index (χ0n) is 19.6. The van der Waals surface area contributed by atoms with Gasteiger partial charge in [-0.1, -0.05) is 33.1 Å². The molecule has 4 heteroatoms. The molecule has 5 aliphatic carbocycles. The van der Waals surface area contributed by atoms with Crippen molar-refractivity contribution in [2.24, 2.45) is 40.4 Å². The Balaban J connectivity index is 1.31. The monoisotopic (exact) mass is 446 g/mol. The van der Waals surface area contributed by atoms with Crippen LogP contribution in [0.1, 0.15) is 97.3 Å². The number of Topliss-reactive ketones (excluding diaryl/α,β-unsaturated/α-hetero) is 2. The van der Waals surface area contributed by atoms with Gasteiger partial charge in [-0.2, -0.15) is 11.8 Å². The Bertz CT molecular complexity index is 715. The minimum Gasteiger partial charge on any atom is -0.393 e. The number of hydrogen-bond donors (Lipinski definition) is 1. The van der Waals surface area contributed by atoms with Crippen molar-refractivity contribution in [2.75, 3.05) is 5.75 Å². The van der Waals surface area contributed by atoms with E-state index in [0.717, 1.165) is 44.9 Å². The number of ketones is 2. The van der Waals surface area contributed by atoms with E-state index in [1.807, 2.05) is 11.8 Å². The SMILES string of the molecule is CC12C[C@H](O)C3C(CCC4CC(=O)CCC43C)C1CCC2C(=O)CSC1CCCCC1. The fourth-order valence-corrected chi connectivity index (χ4v) is 10.5. The molecular formula is C27H42O3S. The van der Waals surface area contributed by atoms with Gasteiger partial charge in [0.05, 0.1) is 11.9 Å². The van der Waals surface area contributed by atoms with Crippen molar-refractivity contribution in [1.29, 1.82) is 0 Å². The Morgan fingerprint density at radius 1 is 1.03 bits per heavy atom. The summed E-state index contributed by atoms with van der Waals surface area (Å²) in [6.45, 7) is 4.72. The lowest BCUT2D eigenvalue weighted by molar-refractivity contribution is -0.173. The molecule has 0 radical (unpaired) electrons. The lowest BCUT2D eigenvalue weighted by atomic mass is 9.44. The van der Waals surface area contributed by atoms with Crippen LogP contribution in [0.3, 0.4) is 0 Å². The van der Waals surface area contributed by atoms with Crippen LogP contribution >= 0.6 is 11.8 Å². The van der Waals surface area contributed by atoms with Gasteiger partial charge in [0.2, 0.25) is 0 Å². The molecule has 8 atom stereocenters. The Labute approximate surface area is 192 Å². The van der Waals surface area contributed by atoms with E-state index in [9.17, 15) is 14.7 Å². The molecular weight excluding hydrogens is 404 g/mol. The van der Waals surface area contributed by atoms with Crippen molar-refractivity contribution in [3.8, 4) is 0 Å². The van der Waals surface area contributed by atoms with Gasteiger partial charge in [0.1, 0.15) is 11.6 Å². The number of carbonyl (C=O) groups is 2. The van der Waals surface area contributed by atoms with Crippen LogP contribution in [-0.4, -0.2) is 33.8 Å². The quantitative estimate of drug-likeness (QED) is 0.591. The standard InChI is InChI=1S/C27H42O3S/c1-26-13-12-18(28)14-17(26)8-9-20-21-10-11-22(27(21,2)15-23(29)25(20)26)24(30)16-31-19-6-4-3-5-7-19/h17,19-23,25,29H,3-16H2,1-2H3/t17?,20?,21?,22?,23-,25?,26?,27?/m0/s1. The number of aliphatic hydroxyl groups is 1. The number of rotatable bonds is 4. The number of hydrogen-bond acceptors (Lipinski definition) is 4. The zero-order valence-corrected chi connectivity index (χ0v) is 20.4. The molecule has 5 aliphatic rings. The fourth-order valence-electron chi connectivity index (χ4n) is 9.23. The first kappa shape index (κ1) is 22.4. The number of fused-ring (bicyclic) bond motifs is 5. The van der Waals surface area contributed by atoms with Crippen LogP contribution in [0.4, 0.5) is 0 Å². The summed E-state index contributed by atoms with van der Waals surface area (Å²) in [4.78, 5) is 25.5. The van der Waals surface area contributed by atoms with Gasteiger partial charge in [0.15, 0.2) is 0 Å². The molecule has 0 aliphatic heterocycles. The van der Waals surface area contributed by atoms with E-state index in [2.05, 4.69) is 13.8 Å². The predicted molar refractivity (Wildman–Crippen MR) is 126 cm³/mol. The second-order valence-corrected chi connectivity index (χ2v) is 13.6. The molecule has 0 saturated heterocycles. The molecule has 0 heterocycles. The van der Waals surface area contributed by atoms with Gasteiger partial charge in [0, 0.05) is 24.0 Å². The maximum atomic E-state index is 13.4. The van der Waals surface area contributed by atoms with Crippen molar-refractivity contribution >= 4 is 23.3 Å². The third-order valence-corrected chi connectivity index (χ3v) is 12.2. The van der Waals surface area contributed by atoms with Crippen molar-refractivity contribution in [3.63, 3.8) is 0 Å². The highest BCUT2D eigenvalue weighted by Gasteiger charge is 2.63. The summed E-state index contributed by atoms with van der Waals surface area (Å²) in [5.41, 5.74) is 0.0784. The molecule has 0 aromatic heterocycles. The molecule has 1 N–H and O–H groups in total. The molecule has 31 heavy (non-hydrogen) atoms. The molecule has 0 amide bonds. The molecule has 174 valence electrons. The van der Waals surface area contributed by atoms with Crippen LogP contribution in [0.2, 0.25) is 0 Å². The van der Waals surface area contributed by atoms with Gasteiger partial charge in [-0.15, -0.1) is 0 Å². The van der Waals surface area contributed by atoms with Crippen LogP contribution in [-0.2, 0) is 9.59 Å². The second-order valence-electron chi connectivity index (χ2n) is 12.3. The smallest absolute Gasteiger partial charge is 0.146 e. The van der Waals surface area contributed by atoms with E-state index < -0.39 is 0 Å². The average molecular weight is 447 g/mol. The van der Waals surface area contributed by atoms with Crippen LogP contribution in [0.25, 0.3) is 0 Å². The van der Waals surface area contributed by atoms with Crippen LogP contribution in [0, 0.1) is 40.4 Å². The van der Waals surface area contributed by atoms with Crippen LogP contribution in [0.5, 0.6) is 0 Å². The summed E-state index contributed by atoms with van der Waals surface area (Å²) in [5, 5.41) is 12.2. The Morgan fingerprint density at radius 3 is 2.58 bits per heavy atom. The third-order valence-electron chi connectivity index (χ3n) is 10.8. The first-order chi connectivity index (χ1) is 14.8. The predicted octanol–water partition coefficient (Wildman–Crippen LogP) is 5.82. The molecule has 0 aromatic rings. The molecule has 3 nitrogen and oxygen atoms in total. The van der Waals surface area contributed by atoms with Crippen molar-refractivity contribution in [2.45, 2.75) is 109 Å². The normalized spacial score (nSPS) is 48.0. The minimum absolute atomic E-state index is 0.0293. The number of aliphatic hydroxyl groups excluding tert-OH is 1. The van der Waals surface area contributed by atoms with Gasteiger partial charge >= 0.3 is 0 Å². The summed E-state index contributed by atoms with van der Waals surface area (Å²) in [6.07, 6.45) is 13.9. The highest BCUT2D eigenvalue weighted by atomic mass is 32.2. The van der Waals surface area contributed by atoms with Crippen molar-refractivity contribution < 1.29 is 14.7 Å². The highest BCUT2D eigenvalue weighted by Crippen LogP contribution is 2.67. The maximum Gasteiger partial charge on any atom is 0.146 e. The summed E-state index contributed by atoms with van der Waals surface area (Å²) < 4.78 is 0. The Hall–Kier alpha value is -0.350. The van der Waals surface area contributed by atoms with Crippen molar-refractivity contribution in [1.82, 2.24) is 0 Å². The summed E-state index contributed by atoms with van der Waals surface area (Å²) in [5.74, 6) is 3.61. The maximum absolute atomic E-state index is 13.4. The molecule has 0 bridgehead atoms. The van der Waals surface area contributed by atoms with E-state index in [-0.39, 0.29) is 22.9 Å². The highest BCUT2D eigenvalue weighted by molar-refractivity contribution is 8.00. The first-order valence-corrected chi connectivity index (χ1v) is 14.2. The van der Waals surface area contributed by atoms with E-state index in [4.69, 9.17) is 0 Å². The minimum atomic E-state index is -0.313. The van der Waals surface area contributed by atoms with Gasteiger partial charge in [0.25, 0.3) is 0 Å². The fraction of sp³-hybridized carbons (Fsp3) is 0.926. The average Bonchev–Trinajstić information content (AvgIpc) is 3.09. The Kier molecular flexibility index (Phi) is 6.12. The van der Waals surface area contributed by atoms with E-state index in [0.29, 0.717) is 52.7 Å². The number of thioether (sulfide) groups is 1. The Morgan fingerprint density at radius 2 is 1.81 bits per heavy atom.